The second-order valence-electron chi connectivity index (χ2n) is 6.16. The highest BCUT2D eigenvalue weighted by Gasteiger charge is 2.16. The molecule has 0 radical (unpaired) electrons. The fourth-order valence-electron chi connectivity index (χ4n) is 2.71. The van der Waals surface area contributed by atoms with Crippen LogP contribution in [0.1, 0.15) is 25.8 Å². The van der Waals surface area contributed by atoms with Gasteiger partial charge in [-0.3, -0.25) is 14.2 Å². The van der Waals surface area contributed by atoms with Gasteiger partial charge >= 0.3 is 0 Å². The third kappa shape index (κ3) is 3.49. The number of nitrogens with zero attached hydrogens (tertiary/aromatic N) is 2. The Kier molecular flexibility index (Phi) is 4.99. The highest BCUT2D eigenvalue weighted by molar-refractivity contribution is 7.22. The van der Waals surface area contributed by atoms with Gasteiger partial charge in [0.2, 0.25) is 5.91 Å². The first-order valence-corrected chi connectivity index (χ1v) is 9.16. The molecule has 2 heterocycles. The van der Waals surface area contributed by atoms with Gasteiger partial charge in [0.15, 0.2) is 0 Å². The second kappa shape index (κ2) is 7.19. The van der Waals surface area contributed by atoms with Crippen LogP contribution in [-0.4, -0.2) is 21.5 Å². The molecule has 3 rings (SSSR count). The zero-order valence-corrected chi connectivity index (χ0v) is 15.4. The third-order valence-corrected chi connectivity index (χ3v) is 5.54. The molecule has 6 heteroatoms. The summed E-state index contributed by atoms with van der Waals surface area (Å²) < 4.78 is 1.38. The Hall–Kier alpha value is -2.47. The quantitative estimate of drug-likeness (QED) is 0.763. The molecule has 130 valence electrons. The van der Waals surface area contributed by atoms with Crippen LogP contribution in [0.15, 0.2) is 41.5 Å². The van der Waals surface area contributed by atoms with E-state index in [-0.39, 0.29) is 24.1 Å². The fourth-order valence-corrected chi connectivity index (χ4v) is 3.86. The molecule has 0 aliphatic heterocycles. The maximum absolute atomic E-state index is 12.8. The van der Waals surface area contributed by atoms with E-state index < -0.39 is 0 Å². The lowest BCUT2D eigenvalue weighted by Gasteiger charge is -2.12. The number of aryl methyl sites for hydroxylation is 1. The summed E-state index contributed by atoms with van der Waals surface area (Å²) in [6.07, 6.45) is 2.31. The SMILES string of the molecule is CC[C@H](C)NC(=O)Cn1cnc2sc(-c3ccccc3)c(C)c2c1=O. The average Bonchev–Trinajstić information content (AvgIpc) is 2.95. The largest absolute Gasteiger partial charge is 0.352 e. The maximum Gasteiger partial charge on any atom is 0.262 e. The smallest absolute Gasteiger partial charge is 0.262 e. The van der Waals surface area contributed by atoms with E-state index in [0.717, 1.165) is 22.4 Å². The van der Waals surface area contributed by atoms with Crippen LogP contribution in [0.25, 0.3) is 20.7 Å². The lowest BCUT2D eigenvalue weighted by atomic mass is 10.1. The van der Waals surface area contributed by atoms with Gasteiger partial charge in [0.25, 0.3) is 5.56 Å². The van der Waals surface area contributed by atoms with E-state index in [1.54, 1.807) is 0 Å². The molecule has 0 fully saturated rings. The van der Waals surface area contributed by atoms with Gasteiger partial charge in [-0.2, -0.15) is 0 Å². The van der Waals surface area contributed by atoms with Crippen LogP contribution in [0.2, 0.25) is 0 Å². The Morgan fingerprint density at radius 3 is 2.72 bits per heavy atom. The number of hydrogen-bond donors (Lipinski definition) is 1. The molecule has 0 saturated carbocycles. The van der Waals surface area contributed by atoms with Crippen LogP contribution in [-0.2, 0) is 11.3 Å². The minimum Gasteiger partial charge on any atom is -0.352 e. The van der Waals surface area contributed by atoms with E-state index in [2.05, 4.69) is 10.3 Å². The number of rotatable bonds is 5. The lowest BCUT2D eigenvalue weighted by molar-refractivity contribution is -0.122. The molecular formula is C19H21N3O2S. The van der Waals surface area contributed by atoms with Crippen LogP contribution >= 0.6 is 11.3 Å². The number of thiophene rings is 1. The van der Waals surface area contributed by atoms with Gasteiger partial charge in [-0.1, -0.05) is 37.3 Å². The summed E-state index contributed by atoms with van der Waals surface area (Å²) >= 11 is 1.51. The molecule has 0 bridgehead atoms. The lowest BCUT2D eigenvalue weighted by Crippen LogP contribution is -2.37. The molecule has 1 aromatic carbocycles. The first-order chi connectivity index (χ1) is 12.0. The molecular weight excluding hydrogens is 334 g/mol. The van der Waals surface area contributed by atoms with Gasteiger partial charge in [0.05, 0.1) is 11.7 Å². The van der Waals surface area contributed by atoms with Crippen molar-refractivity contribution in [1.29, 1.82) is 0 Å². The van der Waals surface area contributed by atoms with Crippen molar-refractivity contribution in [2.45, 2.75) is 39.8 Å². The van der Waals surface area contributed by atoms with Gasteiger partial charge in [-0.15, -0.1) is 11.3 Å². The minimum absolute atomic E-state index is 0.0118. The van der Waals surface area contributed by atoms with E-state index in [9.17, 15) is 9.59 Å². The molecule has 0 aliphatic carbocycles. The minimum atomic E-state index is -0.172. The van der Waals surface area contributed by atoms with Crippen LogP contribution in [0.4, 0.5) is 0 Å². The van der Waals surface area contributed by atoms with Gasteiger partial charge in [0, 0.05) is 10.9 Å². The van der Waals surface area contributed by atoms with E-state index in [4.69, 9.17) is 0 Å². The molecule has 1 atom stereocenters. The number of nitrogens with one attached hydrogen (secondary N) is 1. The molecule has 0 spiro atoms. The standard InChI is InChI=1S/C19H21N3O2S/c1-4-12(2)21-15(23)10-22-11-20-18-16(19(22)24)13(3)17(25-18)14-8-6-5-7-9-14/h5-9,11-12H,4,10H2,1-3H3,(H,21,23)/t12-/m0/s1. The fraction of sp³-hybridized carbons (Fsp3) is 0.316. The summed E-state index contributed by atoms with van der Waals surface area (Å²) in [5.41, 5.74) is 1.82. The van der Waals surface area contributed by atoms with Crippen molar-refractivity contribution in [2.24, 2.45) is 0 Å². The second-order valence-corrected chi connectivity index (χ2v) is 7.16. The van der Waals surface area contributed by atoms with Crippen molar-refractivity contribution in [3.05, 3.63) is 52.6 Å². The van der Waals surface area contributed by atoms with Crippen molar-refractivity contribution in [3.63, 3.8) is 0 Å². The van der Waals surface area contributed by atoms with E-state index in [1.165, 1.54) is 22.2 Å². The Bertz CT molecular complexity index is 960. The van der Waals surface area contributed by atoms with Crippen molar-refractivity contribution < 1.29 is 4.79 Å². The van der Waals surface area contributed by atoms with Crippen LogP contribution in [0.3, 0.4) is 0 Å². The van der Waals surface area contributed by atoms with Crippen LogP contribution in [0, 0.1) is 6.92 Å². The zero-order chi connectivity index (χ0) is 18.0. The molecule has 3 aromatic rings. The topological polar surface area (TPSA) is 64.0 Å². The Morgan fingerprint density at radius 2 is 2.04 bits per heavy atom. The van der Waals surface area contributed by atoms with Crippen molar-refractivity contribution in [2.75, 3.05) is 0 Å². The first kappa shape index (κ1) is 17.4. The highest BCUT2D eigenvalue weighted by atomic mass is 32.1. The Labute approximate surface area is 150 Å². The van der Waals surface area contributed by atoms with Crippen molar-refractivity contribution in [1.82, 2.24) is 14.9 Å². The van der Waals surface area contributed by atoms with Gasteiger partial charge in [-0.25, -0.2) is 4.98 Å². The van der Waals surface area contributed by atoms with Gasteiger partial charge in [0.1, 0.15) is 11.4 Å². The molecule has 2 aromatic heterocycles. The number of hydrogen-bond acceptors (Lipinski definition) is 4. The Morgan fingerprint density at radius 1 is 1.32 bits per heavy atom. The average molecular weight is 355 g/mol. The third-order valence-electron chi connectivity index (χ3n) is 4.29. The predicted octanol–water partition coefficient (Wildman–Crippen LogP) is 3.35. The summed E-state index contributed by atoms with van der Waals surface area (Å²) in [5, 5.41) is 3.47. The summed E-state index contributed by atoms with van der Waals surface area (Å²) in [4.78, 5) is 31.1. The Balaban J connectivity index is 1.99. The normalized spacial score (nSPS) is 12.3. The number of carbonyl (C=O) groups excluding carboxylic acids is 1. The number of carbonyl (C=O) groups is 1. The van der Waals surface area contributed by atoms with Gasteiger partial charge in [-0.05, 0) is 31.4 Å². The molecule has 1 N–H and O–H groups in total. The molecule has 5 nitrogen and oxygen atoms in total. The van der Waals surface area contributed by atoms with Gasteiger partial charge < -0.3 is 5.32 Å². The predicted molar refractivity (Wildman–Crippen MR) is 102 cm³/mol. The van der Waals surface area contributed by atoms with Crippen LogP contribution < -0.4 is 10.9 Å². The van der Waals surface area contributed by atoms with E-state index >= 15 is 0 Å². The molecule has 1 amide bonds. The highest BCUT2D eigenvalue weighted by Crippen LogP contribution is 2.35. The summed E-state index contributed by atoms with van der Waals surface area (Å²) in [6, 6.07) is 10.1. The molecule has 25 heavy (non-hydrogen) atoms. The molecule has 0 unspecified atom stereocenters. The number of amides is 1. The molecule has 0 aliphatic rings. The first-order valence-electron chi connectivity index (χ1n) is 8.34. The zero-order valence-electron chi connectivity index (χ0n) is 14.6. The summed E-state index contributed by atoms with van der Waals surface area (Å²) in [5.74, 6) is -0.172. The van der Waals surface area contributed by atoms with Crippen molar-refractivity contribution in [3.8, 4) is 10.4 Å². The molecule has 0 saturated heterocycles. The maximum atomic E-state index is 12.8. The van der Waals surface area contributed by atoms with E-state index in [0.29, 0.717) is 10.2 Å². The van der Waals surface area contributed by atoms with Crippen molar-refractivity contribution >= 4 is 27.5 Å². The summed E-state index contributed by atoms with van der Waals surface area (Å²) in [6.45, 7) is 5.87. The summed E-state index contributed by atoms with van der Waals surface area (Å²) in [7, 11) is 0. The monoisotopic (exact) mass is 355 g/mol. The number of aromatic nitrogens is 2. The van der Waals surface area contributed by atoms with Crippen LogP contribution in [0.5, 0.6) is 0 Å². The number of benzene rings is 1. The number of fused-ring (bicyclic) bond motifs is 1. The van der Waals surface area contributed by atoms with E-state index in [1.807, 2.05) is 51.1 Å².